The predicted molar refractivity (Wildman–Crippen MR) is 73.2 cm³/mol. The number of nitrogens with one attached hydrogen (secondary N) is 1. The summed E-state index contributed by atoms with van der Waals surface area (Å²) >= 11 is 0. The Morgan fingerprint density at radius 1 is 1.52 bits per heavy atom. The minimum absolute atomic E-state index is 0.00306. The summed E-state index contributed by atoms with van der Waals surface area (Å²) in [6.07, 6.45) is 2.26. The number of aromatic nitrogens is 2. The third-order valence-electron chi connectivity index (χ3n) is 3.77. The zero-order valence-electron chi connectivity index (χ0n) is 11.9. The van der Waals surface area contributed by atoms with Crippen LogP contribution in [0.5, 0.6) is 0 Å². The van der Waals surface area contributed by atoms with Crippen molar-refractivity contribution in [3.05, 3.63) is 11.9 Å². The first kappa shape index (κ1) is 15.9. The molecule has 1 aromatic heterocycles. The van der Waals surface area contributed by atoms with Crippen LogP contribution >= 0.6 is 0 Å². The summed E-state index contributed by atoms with van der Waals surface area (Å²) in [4.78, 5) is 11.4. The number of carboxylic acid groups (broad SMARTS) is 1. The van der Waals surface area contributed by atoms with Crippen LogP contribution in [0.3, 0.4) is 0 Å². The standard InChI is InChI=1S/C12H19N3O5S/c1-8-10(7-13-15(8)2)21(18,19)14-11(12(16)17)9-3-5-20-6-4-9/h7,9,11,14H,3-6H2,1-2H3,(H,16,17). The Bertz CT molecular complexity index is 619. The number of carbonyl (C=O) groups is 1. The van der Waals surface area contributed by atoms with Crippen molar-refractivity contribution in [1.29, 1.82) is 0 Å². The van der Waals surface area contributed by atoms with Crippen molar-refractivity contribution < 1.29 is 23.1 Å². The van der Waals surface area contributed by atoms with Gasteiger partial charge in [-0.25, -0.2) is 8.42 Å². The summed E-state index contributed by atoms with van der Waals surface area (Å²) in [7, 11) is -2.29. The van der Waals surface area contributed by atoms with Crippen molar-refractivity contribution in [2.24, 2.45) is 13.0 Å². The fraction of sp³-hybridized carbons (Fsp3) is 0.667. The minimum Gasteiger partial charge on any atom is -0.480 e. The van der Waals surface area contributed by atoms with E-state index in [1.54, 1.807) is 14.0 Å². The van der Waals surface area contributed by atoms with Gasteiger partial charge in [0.2, 0.25) is 10.0 Å². The summed E-state index contributed by atoms with van der Waals surface area (Å²) in [5.74, 6) is -1.45. The van der Waals surface area contributed by atoms with Crippen LogP contribution in [0.4, 0.5) is 0 Å². The van der Waals surface area contributed by atoms with Crippen LogP contribution in [0.1, 0.15) is 18.5 Å². The maximum atomic E-state index is 12.4. The van der Waals surface area contributed by atoms with Gasteiger partial charge in [-0.05, 0) is 25.7 Å². The second-order valence-electron chi connectivity index (χ2n) is 5.10. The highest BCUT2D eigenvalue weighted by Crippen LogP contribution is 2.22. The summed E-state index contributed by atoms with van der Waals surface area (Å²) in [6.45, 7) is 2.51. The third-order valence-corrected chi connectivity index (χ3v) is 5.31. The maximum Gasteiger partial charge on any atom is 0.322 e. The van der Waals surface area contributed by atoms with Crippen molar-refractivity contribution in [3.8, 4) is 0 Å². The zero-order valence-corrected chi connectivity index (χ0v) is 12.8. The molecule has 1 fully saturated rings. The lowest BCUT2D eigenvalue weighted by Gasteiger charge is -2.27. The quantitative estimate of drug-likeness (QED) is 0.784. The molecule has 2 N–H and O–H groups in total. The lowest BCUT2D eigenvalue weighted by atomic mass is 9.92. The van der Waals surface area contributed by atoms with Gasteiger partial charge in [-0.15, -0.1) is 0 Å². The number of hydrogen-bond donors (Lipinski definition) is 2. The lowest BCUT2D eigenvalue weighted by molar-refractivity contribution is -0.141. The van der Waals surface area contributed by atoms with Crippen LogP contribution in [-0.2, 0) is 26.6 Å². The molecule has 0 aromatic carbocycles. The van der Waals surface area contributed by atoms with Gasteiger partial charge in [0, 0.05) is 20.3 Å². The molecule has 0 spiro atoms. The third kappa shape index (κ3) is 3.42. The fourth-order valence-corrected chi connectivity index (χ4v) is 3.83. The molecule has 1 aliphatic heterocycles. The Morgan fingerprint density at radius 3 is 2.62 bits per heavy atom. The molecule has 1 aliphatic rings. The highest BCUT2D eigenvalue weighted by Gasteiger charge is 2.34. The number of aliphatic carboxylic acids is 1. The van der Waals surface area contributed by atoms with Crippen molar-refractivity contribution in [3.63, 3.8) is 0 Å². The van der Waals surface area contributed by atoms with Gasteiger partial charge in [-0.1, -0.05) is 0 Å². The second kappa shape index (κ2) is 6.12. The van der Waals surface area contributed by atoms with Crippen LogP contribution in [0, 0.1) is 12.8 Å². The Balaban J connectivity index is 2.23. The van der Waals surface area contributed by atoms with Gasteiger partial charge < -0.3 is 9.84 Å². The Kier molecular flexibility index (Phi) is 4.64. The number of nitrogens with zero attached hydrogens (tertiary/aromatic N) is 2. The summed E-state index contributed by atoms with van der Waals surface area (Å²) in [5, 5.41) is 13.2. The Labute approximate surface area is 123 Å². The Hall–Kier alpha value is -1.45. The predicted octanol–water partition coefficient (Wildman–Crippen LogP) is -0.113. The number of sulfonamides is 1. The van der Waals surface area contributed by atoms with Crippen molar-refractivity contribution in [2.75, 3.05) is 13.2 Å². The summed E-state index contributed by atoms with van der Waals surface area (Å²) < 4.78 is 33.6. The van der Waals surface area contributed by atoms with E-state index in [0.717, 1.165) is 0 Å². The van der Waals surface area contributed by atoms with E-state index in [1.807, 2.05) is 0 Å². The van der Waals surface area contributed by atoms with Crippen molar-refractivity contribution >= 4 is 16.0 Å². The van der Waals surface area contributed by atoms with Crippen LogP contribution in [0.25, 0.3) is 0 Å². The smallest absolute Gasteiger partial charge is 0.322 e. The van der Waals surface area contributed by atoms with Crippen LogP contribution in [0.2, 0.25) is 0 Å². The number of hydrogen-bond acceptors (Lipinski definition) is 5. The van der Waals surface area contributed by atoms with Gasteiger partial charge in [0.1, 0.15) is 10.9 Å². The van der Waals surface area contributed by atoms with Crippen molar-refractivity contribution in [1.82, 2.24) is 14.5 Å². The molecule has 2 heterocycles. The molecular weight excluding hydrogens is 298 g/mol. The van der Waals surface area contributed by atoms with Crippen LogP contribution in [0.15, 0.2) is 11.1 Å². The molecule has 0 bridgehead atoms. The maximum absolute atomic E-state index is 12.4. The van der Waals surface area contributed by atoms with E-state index in [-0.39, 0.29) is 10.8 Å². The monoisotopic (exact) mass is 317 g/mol. The number of aryl methyl sites for hydroxylation is 1. The molecule has 1 saturated heterocycles. The molecule has 1 aromatic rings. The first-order valence-electron chi connectivity index (χ1n) is 6.64. The molecule has 1 unspecified atom stereocenters. The molecule has 21 heavy (non-hydrogen) atoms. The van der Waals surface area contributed by atoms with E-state index in [9.17, 15) is 18.3 Å². The topological polar surface area (TPSA) is 111 Å². The molecule has 1 atom stereocenters. The molecule has 118 valence electrons. The molecule has 9 heteroatoms. The average Bonchev–Trinajstić information content (AvgIpc) is 2.78. The molecule has 0 amide bonds. The van der Waals surface area contributed by atoms with Crippen LogP contribution in [-0.4, -0.2) is 48.5 Å². The van der Waals surface area contributed by atoms with Gasteiger partial charge in [0.05, 0.1) is 11.9 Å². The van der Waals surface area contributed by atoms with Gasteiger partial charge in [-0.3, -0.25) is 9.48 Å². The van der Waals surface area contributed by atoms with Gasteiger partial charge in [0.15, 0.2) is 0 Å². The normalized spacial score (nSPS) is 18.6. The highest BCUT2D eigenvalue weighted by molar-refractivity contribution is 7.89. The number of rotatable bonds is 5. The number of ether oxygens (including phenoxy) is 1. The van der Waals surface area contributed by atoms with E-state index in [4.69, 9.17) is 4.74 Å². The highest BCUT2D eigenvalue weighted by atomic mass is 32.2. The first-order chi connectivity index (χ1) is 9.83. The Morgan fingerprint density at radius 2 is 2.14 bits per heavy atom. The molecule has 8 nitrogen and oxygen atoms in total. The van der Waals surface area contributed by atoms with Gasteiger partial charge in [-0.2, -0.15) is 9.82 Å². The summed E-state index contributed by atoms with van der Waals surface area (Å²) in [6, 6.07) is -1.15. The van der Waals surface area contributed by atoms with E-state index >= 15 is 0 Å². The molecule has 2 rings (SSSR count). The van der Waals surface area contributed by atoms with Crippen molar-refractivity contribution in [2.45, 2.75) is 30.7 Å². The van der Waals surface area contributed by atoms with E-state index in [2.05, 4.69) is 9.82 Å². The summed E-state index contributed by atoms with van der Waals surface area (Å²) in [5.41, 5.74) is 0.457. The van der Waals surface area contributed by atoms with Crippen LogP contribution < -0.4 is 4.72 Å². The minimum atomic E-state index is -3.92. The first-order valence-corrected chi connectivity index (χ1v) is 8.12. The van der Waals surface area contributed by atoms with Gasteiger partial charge in [0.25, 0.3) is 0 Å². The van der Waals surface area contributed by atoms with E-state index in [0.29, 0.717) is 31.7 Å². The molecule has 0 saturated carbocycles. The molecule has 0 radical (unpaired) electrons. The van der Waals surface area contributed by atoms with E-state index in [1.165, 1.54) is 10.9 Å². The fourth-order valence-electron chi connectivity index (χ4n) is 2.37. The molecule has 0 aliphatic carbocycles. The zero-order chi connectivity index (χ0) is 15.6. The van der Waals surface area contributed by atoms with Gasteiger partial charge >= 0.3 is 5.97 Å². The number of carboxylic acids is 1. The van der Waals surface area contributed by atoms with E-state index < -0.39 is 22.0 Å². The SMILES string of the molecule is Cc1c(S(=O)(=O)NC(C(=O)O)C2CCOCC2)cnn1C. The second-order valence-corrected chi connectivity index (χ2v) is 6.79. The lowest BCUT2D eigenvalue weighted by Crippen LogP contribution is -2.47. The molecular formula is C12H19N3O5S. The largest absolute Gasteiger partial charge is 0.480 e. The average molecular weight is 317 g/mol.